The molecule has 1 fully saturated rings. The van der Waals surface area contributed by atoms with Gasteiger partial charge in [0.15, 0.2) is 0 Å². The summed E-state index contributed by atoms with van der Waals surface area (Å²) < 4.78 is 1.83. The molecule has 1 saturated heterocycles. The zero-order valence-corrected chi connectivity index (χ0v) is 17.9. The van der Waals surface area contributed by atoms with Gasteiger partial charge >= 0.3 is 0 Å². The van der Waals surface area contributed by atoms with Crippen LogP contribution < -0.4 is 5.56 Å². The van der Waals surface area contributed by atoms with Gasteiger partial charge in [-0.3, -0.25) is 14.2 Å². The molecule has 1 aromatic heterocycles. The Balaban J connectivity index is 1.31. The number of amides is 1. The molecule has 0 aliphatic carbocycles. The van der Waals surface area contributed by atoms with E-state index in [2.05, 4.69) is 30.3 Å². The maximum Gasteiger partial charge on any atom is 0.261 e. The molecule has 0 atom stereocenters. The molecule has 0 saturated carbocycles. The second-order valence-corrected chi connectivity index (χ2v) is 8.95. The van der Waals surface area contributed by atoms with E-state index >= 15 is 0 Å². The summed E-state index contributed by atoms with van der Waals surface area (Å²) in [5.74, 6) is 1.54. The van der Waals surface area contributed by atoms with Crippen LogP contribution in [0.15, 0.2) is 53.3 Å². The lowest BCUT2D eigenvalue weighted by molar-refractivity contribution is 0.0690. The van der Waals surface area contributed by atoms with Crippen molar-refractivity contribution in [3.63, 3.8) is 0 Å². The molecule has 2 aliphatic rings. The third-order valence-electron chi connectivity index (χ3n) is 6.83. The molecule has 5 nitrogen and oxygen atoms in total. The number of benzene rings is 2. The van der Waals surface area contributed by atoms with E-state index in [1.54, 1.807) is 12.1 Å². The molecule has 5 rings (SSSR count). The highest BCUT2D eigenvalue weighted by Crippen LogP contribution is 2.24. The molecule has 31 heavy (non-hydrogen) atoms. The van der Waals surface area contributed by atoms with Crippen LogP contribution in [0.3, 0.4) is 0 Å². The van der Waals surface area contributed by atoms with E-state index < -0.39 is 0 Å². The second-order valence-electron chi connectivity index (χ2n) is 8.95. The number of fused-ring (bicyclic) bond motifs is 2. The van der Waals surface area contributed by atoms with Crippen LogP contribution in [0, 0.1) is 5.92 Å². The average molecular weight is 416 g/mol. The minimum atomic E-state index is 0.0302. The van der Waals surface area contributed by atoms with Crippen molar-refractivity contribution < 1.29 is 4.79 Å². The predicted octanol–water partition coefficient (Wildman–Crippen LogP) is 4.22. The van der Waals surface area contributed by atoms with Crippen LogP contribution in [0.2, 0.25) is 0 Å². The first kappa shape index (κ1) is 20.0. The van der Waals surface area contributed by atoms with Gasteiger partial charge in [0.05, 0.1) is 10.9 Å². The Bertz CT molecular complexity index is 1140. The number of carbonyl (C=O) groups is 1. The lowest BCUT2D eigenvalue weighted by atomic mass is 9.90. The SMILES string of the molecule is O=C(c1ccc2c(=O)n3c(nc2c1)CCCCC3)N1CCC(Cc2ccccc2)CC1. The summed E-state index contributed by atoms with van der Waals surface area (Å²) in [5, 5.41) is 0.615. The molecule has 1 amide bonds. The lowest BCUT2D eigenvalue weighted by Gasteiger charge is -2.32. The minimum Gasteiger partial charge on any atom is -0.339 e. The summed E-state index contributed by atoms with van der Waals surface area (Å²) in [6.07, 6.45) is 7.19. The summed E-state index contributed by atoms with van der Waals surface area (Å²) in [5.41, 5.74) is 2.70. The van der Waals surface area contributed by atoms with Crippen molar-refractivity contribution in [3.8, 4) is 0 Å². The van der Waals surface area contributed by atoms with Gasteiger partial charge in [0.25, 0.3) is 11.5 Å². The van der Waals surface area contributed by atoms with Gasteiger partial charge in [-0.15, -0.1) is 0 Å². The Morgan fingerprint density at radius 2 is 1.77 bits per heavy atom. The van der Waals surface area contributed by atoms with E-state index in [1.807, 2.05) is 15.5 Å². The summed E-state index contributed by atoms with van der Waals surface area (Å²) in [7, 11) is 0. The van der Waals surface area contributed by atoms with Crippen LogP contribution in [0.25, 0.3) is 10.9 Å². The normalized spacial score (nSPS) is 17.4. The predicted molar refractivity (Wildman–Crippen MR) is 122 cm³/mol. The molecule has 0 spiro atoms. The monoisotopic (exact) mass is 415 g/mol. The first-order chi connectivity index (χ1) is 15.2. The Hall–Kier alpha value is -2.95. The maximum atomic E-state index is 13.2. The number of piperidine rings is 1. The van der Waals surface area contributed by atoms with Crippen LogP contribution in [0.4, 0.5) is 0 Å². The summed E-state index contributed by atoms with van der Waals surface area (Å²) in [6.45, 7) is 2.32. The van der Waals surface area contributed by atoms with Gasteiger partial charge in [-0.1, -0.05) is 36.8 Å². The highest BCUT2D eigenvalue weighted by Gasteiger charge is 2.24. The van der Waals surface area contributed by atoms with Crippen molar-refractivity contribution in [2.75, 3.05) is 13.1 Å². The molecule has 2 aromatic carbocycles. The number of nitrogens with zero attached hydrogens (tertiary/aromatic N) is 3. The van der Waals surface area contributed by atoms with Crippen molar-refractivity contribution >= 4 is 16.8 Å². The number of hydrogen-bond donors (Lipinski definition) is 0. The molecule has 0 bridgehead atoms. The maximum absolute atomic E-state index is 13.2. The van der Waals surface area contributed by atoms with E-state index in [1.165, 1.54) is 5.56 Å². The van der Waals surface area contributed by atoms with Gasteiger partial charge in [0, 0.05) is 31.6 Å². The smallest absolute Gasteiger partial charge is 0.261 e. The van der Waals surface area contributed by atoms with Crippen LogP contribution in [-0.4, -0.2) is 33.4 Å². The first-order valence-electron chi connectivity index (χ1n) is 11.6. The summed E-state index contributed by atoms with van der Waals surface area (Å²) >= 11 is 0. The number of carbonyl (C=O) groups excluding carboxylic acids is 1. The number of likely N-dealkylation sites (tertiary alicyclic amines) is 1. The van der Waals surface area contributed by atoms with Gasteiger partial charge in [-0.25, -0.2) is 4.98 Å². The molecule has 3 aromatic rings. The van der Waals surface area contributed by atoms with Crippen LogP contribution in [0.5, 0.6) is 0 Å². The van der Waals surface area contributed by atoms with Gasteiger partial charge in [0.1, 0.15) is 5.82 Å². The molecule has 3 heterocycles. The number of hydrogen-bond acceptors (Lipinski definition) is 3. The van der Waals surface area contributed by atoms with E-state index in [9.17, 15) is 9.59 Å². The van der Waals surface area contributed by atoms with Gasteiger partial charge < -0.3 is 4.90 Å². The fourth-order valence-electron chi connectivity index (χ4n) is 5.02. The fraction of sp³-hybridized carbons (Fsp3) is 0.423. The van der Waals surface area contributed by atoms with Crippen molar-refractivity contribution in [1.29, 1.82) is 0 Å². The molecule has 5 heteroatoms. The molecular weight excluding hydrogens is 386 g/mol. The quantitative estimate of drug-likeness (QED) is 0.644. The Morgan fingerprint density at radius 1 is 0.968 bits per heavy atom. The second kappa shape index (κ2) is 8.66. The summed E-state index contributed by atoms with van der Waals surface area (Å²) in [4.78, 5) is 32.8. The Morgan fingerprint density at radius 3 is 2.58 bits per heavy atom. The van der Waals surface area contributed by atoms with Crippen LogP contribution in [0.1, 0.15) is 53.8 Å². The van der Waals surface area contributed by atoms with E-state index in [-0.39, 0.29) is 11.5 Å². The molecule has 0 radical (unpaired) electrons. The van der Waals surface area contributed by atoms with E-state index in [4.69, 9.17) is 4.98 Å². The highest BCUT2D eigenvalue weighted by atomic mass is 16.2. The number of rotatable bonds is 3. The standard InChI is InChI=1S/C26H29N3O2/c30-25(28-15-12-20(13-16-28)17-19-7-3-1-4-8-19)21-10-11-22-23(18-21)27-24-9-5-2-6-14-29(24)26(22)31/h1,3-4,7-8,10-11,18,20H,2,5-6,9,12-17H2. The Kier molecular flexibility index (Phi) is 5.58. The average Bonchev–Trinajstić information content (AvgIpc) is 3.05. The zero-order valence-electron chi connectivity index (χ0n) is 17.9. The largest absolute Gasteiger partial charge is 0.339 e. The van der Waals surface area contributed by atoms with Crippen molar-refractivity contribution in [2.45, 2.75) is 51.5 Å². The molecule has 160 valence electrons. The van der Waals surface area contributed by atoms with E-state index in [0.29, 0.717) is 22.4 Å². The molecule has 0 N–H and O–H groups in total. The lowest BCUT2D eigenvalue weighted by Crippen LogP contribution is -2.39. The highest BCUT2D eigenvalue weighted by molar-refractivity contribution is 5.97. The fourth-order valence-corrected chi connectivity index (χ4v) is 5.02. The van der Waals surface area contributed by atoms with Gasteiger partial charge in [0.2, 0.25) is 0 Å². The van der Waals surface area contributed by atoms with E-state index in [0.717, 1.165) is 70.4 Å². The van der Waals surface area contributed by atoms with Gasteiger partial charge in [-0.2, -0.15) is 0 Å². The zero-order chi connectivity index (χ0) is 21.2. The van der Waals surface area contributed by atoms with Crippen molar-refractivity contribution in [2.24, 2.45) is 5.92 Å². The molecule has 0 unspecified atom stereocenters. The topological polar surface area (TPSA) is 55.2 Å². The number of aromatic nitrogens is 2. The third-order valence-corrected chi connectivity index (χ3v) is 6.83. The number of aryl methyl sites for hydroxylation is 1. The van der Waals surface area contributed by atoms with Crippen LogP contribution in [-0.2, 0) is 19.4 Å². The molecule has 2 aliphatic heterocycles. The minimum absolute atomic E-state index is 0.0302. The van der Waals surface area contributed by atoms with Crippen molar-refractivity contribution in [1.82, 2.24) is 14.5 Å². The third kappa shape index (κ3) is 4.14. The van der Waals surface area contributed by atoms with Gasteiger partial charge in [-0.05, 0) is 61.8 Å². The van der Waals surface area contributed by atoms with Crippen LogP contribution >= 0.6 is 0 Å². The van der Waals surface area contributed by atoms with Crippen molar-refractivity contribution in [3.05, 3.63) is 75.8 Å². The first-order valence-corrected chi connectivity index (χ1v) is 11.6. The summed E-state index contributed by atoms with van der Waals surface area (Å²) in [6, 6.07) is 16.0. The Labute approximate surface area is 182 Å². The molecular formula is C26H29N3O2.